The zero-order chi connectivity index (χ0) is 16.2. The van der Waals surface area contributed by atoms with Crippen LogP contribution in [0.25, 0.3) is 11.3 Å². The fourth-order valence-corrected chi connectivity index (χ4v) is 2.96. The number of hydrogen-bond donors (Lipinski definition) is 3. The lowest BCUT2D eigenvalue weighted by atomic mass is 10.0. The van der Waals surface area contributed by atoms with E-state index in [1.165, 1.54) is 0 Å². The van der Waals surface area contributed by atoms with Crippen molar-refractivity contribution in [1.29, 1.82) is 0 Å². The molecule has 2 heterocycles. The smallest absolute Gasteiger partial charge is 0.237 e. The van der Waals surface area contributed by atoms with Gasteiger partial charge in [0.2, 0.25) is 5.91 Å². The third-order valence-corrected chi connectivity index (χ3v) is 4.31. The molecule has 1 fully saturated rings. The van der Waals surface area contributed by atoms with Crippen molar-refractivity contribution in [3.8, 4) is 11.3 Å². The summed E-state index contributed by atoms with van der Waals surface area (Å²) < 4.78 is 1.81. The molecular formula is C17H22N4O2. The zero-order valence-electron chi connectivity index (χ0n) is 13.2. The van der Waals surface area contributed by atoms with E-state index in [2.05, 4.69) is 15.7 Å². The molecule has 6 heteroatoms. The number of aliphatic hydroxyl groups is 1. The summed E-state index contributed by atoms with van der Waals surface area (Å²) in [5.41, 5.74) is 2.97. The molecule has 0 bridgehead atoms. The van der Waals surface area contributed by atoms with Crippen LogP contribution in [0.3, 0.4) is 0 Å². The Hall–Kier alpha value is -2.18. The largest absolute Gasteiger partial charge is 0.394 e. The van der Waals surface area contributed by atoms with Gasteiger partial charge < -0.3 is 15.7 Å². The Morgan fingerprint density at radius 2 is 2.22 bits per heavy atom. The monoisotopic (exact) mass is 314 g/mol. The van der Waals surface area contributed by atoms with Crippen LogP contribution in [-0.4, -0.2) is 40.0 Å². The lowest BCUT2D eigenvalue weighted by Gasteiger charge is -2.19. The Morgan fingerprint density at radius 1 is 1.43 bits per heavy atom. The van der Waals surface area contributed by atoms with Gasteiger partial charge in [0.15, 0.2) is 0 Å². The number of aromatic nitrogens is 2. The van der Waals surface area contributed by atoms with Crippen molar-refractivity contribution in [3.05, 3.63) is 42.1 Å². The van der Waals surface area contributed by atoms with Crippen molar-refractivity contribution >= 4 is 5.91 Å². The van der Waals surface area contributed by atoms with Gasteiger partial charge >= 0.3 is 0 Å². The standard InChI is InChI=1S/C17H22N4O2/c1-21-16(8-10-19-21)13-6-4-12(5-7-13)15(11-22)20-17(23)14-3-2-9-18-14/h4-8,10,14-15,18,22H,2-3,9,11H2,1H3,(H,20,23)/t14-,15-/m0/s1. The SMILES string of the molecule is Cn1nccc1-c1ccc([C@H](CO)NC(=O)[C@@H]2CCCN2)cc1. The first-order valence-electron chi connectivity index (χ1n) is 7.92. The summed E-state index contributed by atoms with van der Waals surface area (Å²) in [6, 6.07) is 9.26. The number of carbonyl (C=O) groups is 1. The summed E-state index contributed by atoms with van der Waals surface area (Å²) in [7, 11) is 1.90. The number of hydrogen-bond acceptors (Lipinski definition) is 4. The number of amides is 1. The molecule has 1 amide bonds. The van der Waals surface area contributed by atoms with Crippen LogP contribution in [0.4, 0.5) is 0 Å². The second kappa shape index (κ2) is 6.93. The lowest BCUT2D eigenvalue weighted by Crippen LogP contribution is -2.42. The normalized spacial score (nSPS) is 18.8. The molecule has 0 unspecified atom stereocenters. The predicted molar refractivity (Wildman–Crippen MR) is 87.6 cm³/mol. The van der Waals surface area contributed by atoms with Gasteiger partial charge in [-0.05, 0) is 36.6 Å². The van der Waals surface area contributed by atoms with E-state index in [0.717, 1.165) is 36.2 Å². The number of rotatable bonds is 5. The Kier molecular flexibility index (Phi) is 4.73. The van der Waals surface area contributed by atoms with Gasteiger partial charge in [-0.2, -0.15) is 5.10 Å². The first-order valence-corrected chi connectivity index (χ1v) is 7.92. The van der Waals surface area contributed by atoms with Crippen molar-refractivity contribution in [3.63, 3.8) is 0 Å². The Bertz CT molecular complexity index is 659. The molecule has 0 aliphatic carbocycles. The fourth-order valence-electron chi connectivity index (χ4n) is 2.96. The van der Waals surface area contributed by atoms with Crippen molar-refractivity contribution < 1.29 is 9.90 Å². The van der Waals surface area contributed by atoms with E-state index in [-0.39, 0.29) is 24.6 Å². The molecule has 1 aliphatic rings. The van der Waals surface area contributed by atoms with E-state index in [0.29, 0.717) is 0 Å². The number of aliphatic hydroxyl groups excluding tert-OH is 1. The van der Waals surface area contributed by atoms with Crippen LogP contribution < -0.4 is 10.6 Å². The summed E-state index contributed by atoms with van der Waals surface area (Å²) >= 11 is 0. The molecule has 1 aliphatic heterocycles. The van der Waals surface area contributed by atoms with E-state index < -0.39 is 0 Å². The summed E-state index contributed by atoms with van der Waals surface area (Å²) in [4.78, 5) is 12.2. The lowest BCUT2D eigenvalue weighted by molar-refractivity contribution is -0.123. The number of benzene rings is 1. The van der Waals surface area contributed by atoms with Crippen LogP contribution >= 0.6 is 0 Å². The molecule has 3 rings (SSSR count). The summed E-state index contributed by atoms with van der Waals surface area (Å²) in [6.45, 7) is 0.755. The molecule has 2 atom stereocenters. The van der Waals surface area contributed by atoms with Gasteiger partial charge in [0.05, 0.1) is 24.4 Å². The Labute approximate surface area is 135 Å². The van der Waals surface area contributed by atoms with E-state index in [1.54, 1.807) is 6.20 Å². The molecule has 0 spiro atoms. The maximum atomic E-state index is 12.2. The average Bonchev–Trinajstić information content (AvgIpc) is 3.24. The molecular weight excluding hydrogens is 292 g/mol. The molecule has 2 aromatic rings. The zero-order valence-corrected chi connectivity index (χ0v) is 13.2. The van der Waals surface area contributed by atoms with Crippen LogP contribution in [0.15, 0.2) is 36.5 Å². The molecule has 0 saturated carbocycles. The number of nitrogens with one attached hydrogen (secondary N) is 2. The van der Waals surface area contributed by atoms with Crippen molar-refractivity contribution in [1.82, 2.24) is 20.4 Å². The van der Waals surface area contributed by atoms with Crippen molar-refractivity contribution in [2.75, 3.05) is 13.2 Å². The quantitative estimate of drug-likeness (QED) is 0.769. The highest BCUT2D eigenvalue weighted by Gasteiger charge is 2.24. The molecule has 6 nitrogen and oxygen atoms in total. The highest BCUT2D eigenvalue weighted by Crippen LogP contribution is 2.21. The number of nitrogens with zero attached hydrogens (tertiary/aromatic N) is 2. The van der Waals surface area contributed by atoms with Crippen molar-refractivity contribution in [2.24, 2.45) is 7.05 Å². The van der Waals surface area contributed by atoms with E-state index in [4.69, 9.17) is 0 Å². The first kappa shape index (κ1) is 15.7. The minimum absolute atomic E-state index is 0.0442. The van der Waals surface area contributed by atoms with Gasteiger partial charge in [0, 0.05) is 13.2 Å². The Morgan fingerprint density at radius 3 is 2.78 bits per heavy atom. The van der Waals surface area contributed by atoms with Gasteiger partial charge in [-0.3, -0.25) is 9.48 Å². The number of aryl methyl sites for hydroxylation is 1. The second-order valence-electron chi connectivity index (χ2n) is 5.85. The fraction of sp³-hybridized carbons (Fsp3) is 0.412. The third-order valence-electron chi connectivity index (χ3n) is 4.31. The van der Waals surface area contributed by atoms with Gasteiger partial charge in [0.25, 0.3) is 0 Å². The molecule has 0 radical (unpaired) electrons. The highest BCUT2D eigenvalue weighted by atomic mass is 16.3. The molecule has 23 heavy (non-hydrogen) atoms. The minimum Gasteiger partial charge on any atom is -0.394 e. The van der Waals surface area contributed by atoms with Crippen molar-refractivity contribution in [2.45, 2.75) is 24.9 Å². The van der Waals surface area contributed by atoms with Gasteiger partial charge in [0.1, 0.15) is 0 Å². The molecule has 1 aromatic carbocycles. The van der Waals surface area contributed by atoms with E-state index >= 15 is 0 Å². The summed E-state index contributed by atoms with van der Waals surface area (Å²) in [5.74, 6) is -0.0442. The van der Waals surface area contributed by atoms with Gasteiger partial charge in [-0.25, -0.2) is 0 Å². The summed E-state index contributed by atoms with van der Waals surface area (Å²) in [5, 5.41) is 19.9. The van der Waals surface area contributed by atoms with Gasteiger partial charge in [-0.1, -0.05) is 24.3 Å². The first-order chi connectivity index (χ1) is 11.2. The van der Waals surface area contributed by atoms with Crippen LogP contribution in [0.1, 0.15) is 24.4 Å². The van der Waals surface area contributed by atoms with E-state index in [9.17, 15) is 9.90 Å². The second-order valence-corrected chi connectivity index (χ2v) is 5.85. The van der Waals surface area contributed by atoms with Gasteiger partial charge in [-0.15, -0.1) is 0 Å². The van der Waals surface area contributed by atoms with Crippen LogP contribution in [-0.2, 0) is 11.8 Å². The molecule has 3 N–H and O–H groups in total. The predicted octanol–water partition coefficient (Wildman–Crippen LogP) is 0.989. The maximum absolute atomic E-state index is 12.2. The van der Waals surface area contributed by atoms with Crippen LogP contribution in [0.2, 0.25) is 0 Å². The van der Waals surface area contributed by atoms with E-state index in [1.807, 2.05) is 42.1 Å². The summed E-state index contributed by atoms with van der Waals surface area (Å²) in [6.07, 6.45) is 3.62. The highest BCUT2D eigenvalue weighted by molar-refractivity contribution is 5.82. The average molecular weight is 314 g/mol. The minimum atomic E-state index is -0.384. The number of carbonyl (C=O) groups excluding carboxylic acids is 1. The molecule has 1 saturated heterocycles. The van der Waals surface area contributed by atoms with Crippen LogP contribution in [0.5, 0.6) is 0 Å². The molecule has 122 valence electrons. The molecule has 1 aromatic heterocycles. The topological polar surface area (TPSA) is 79.2 Å². The van der Waals surface area contributed by atoms with Crippen LogP contribution in [0, 0.1) is 0 Å². The third kappa shape index (κ3) is 3.43. The maximum Gasteiger partial charge on any atom is 0.237 e. The Balaban J connectivity index is 1.71.